The lowest BCUT2D eigenvalue weighted by Gasteiger charge is -2.20. The van der Waals surface area contributed by atoms with Crippen molar-refractivity contribution in [3.05, 3.63) is 29.7 Å². The lowest BCUT2D eigenvalue weighted by atomic mass is 10.0. The highest BCUT2D eigenvalue weighted by Crippen LogP contribution is 2.39. The van der Waals surface area contributed by atoms with Gasteiger partial charge >= 0.3 is 0 Å². The summed E-state index contributed by atoms with van der Waals surface area (Å²) in [7, 11) is 1.97. The van der Waals surface area contributed by atoms with E-state index in [1.54, 1.807) is 0 Å². The van der Waals surface area contributed by atoms with Crippen molar-refractivity contribution in [2.24, 2.45) is 13.0 Å². The molecule has 1 saturated heterocycles. The molecule has 4 rings (SSSR count). The van der Waals surface area contributed by atoms with Crippen LogP contribution in [0, 0.1) is 5.92 Å². The van der Waals surface area contributed by atoms with Crippen molar-refractivity contribution in [3.63, 3.8) is 0 Å². The first-order valence-corrected chi connectivity index (χ1v) is 8.24. The fraction of sp³-hybridized carbons (Fsp3) is 0.688. The third-order valence-electron chi connectivity index (χ3n) is 4.91. The summed E-state index contributed by atoms with van der Waals surface area (Å²) in [6, 6.07) is 0.221. The van der Waals surface area contributed by atoms with Gasteiger partial charge in [-0.25, -0.2) is 0 Å². The van der Waals surface area contributed by atoms with Crippen molar-refractivity contribution < 1.29 is 4.52 Å². The average Bonchev–Trinajstić information content (AvgIpc) is 2.92. The minimum Gasteiger partial charge on any atom is -0.338 e. The number of hydrogen-bond acceptors (Lipinski definition) is 5. The van der Waals surface area contributed by atoms with E-state index in [1.165, 1.54) is 24.8 Å². The van der Waals surface area contributed by atoms with Crippen LogP contribution in [0.4, 0.5) is 0 Å². The highest BCUT2D eigenvalue weighted by molar-refractivity contribution is 5.07. The van der Waals surface area contributed by atoms with Crippen LogP contribution in [0.1, 0.15) is 55.4 Å². The SMILES string of the molecule is CC(c1nc(C2CC2)no1)N1CCC(Cc2cnn(C)c2)C1. The first-order valence-electron chi connectivity index (χ1n) is 8.24. The van der Waals surface area contributed by atoms with Crippen LogP contribution in [-0.4, -0.2) is 37.9 Å². The summed E-state index contributed by atoms with van der Waals surface area (Å²) in [5.74, 6) is 2.94. The Morgan fingerprint density at radius 3 is 2.95 bits per heavy atom. The molecular formula is C16H23N5O. The molecule has 2 fully saturated rings. The molecule has 0 aromatic carbocycles. The number of rotatable bonds is 5. The predicted molar refractivity (Wildman–Crippen MR) is 81.3 cm³/mol. The standard InChI is InChI=1S/C16H23N5O/c1-11(16-18-15(19-22-16)14-3-4-14)21-6-5-12(10-21)7-13-8-17-20(2)9-13/h8-9,11-12,14H,3-7,10H2,1-2H3. The van der Waals surface area contributed by atoms with Gasteiger partial charge < -0.3 is 4.52 Å². The molecule has 22 heavy (non-hydrogen) atoms. The molecule has 2 aliphatic rings. The molecular weight excluding hydrogens is 278 g/mol. The molecule has 1 aliphatic carbocycles. The lowest BCUT2D eigenvalue weighted by molar-refractivity contribution is 0.202. The Hall–Kier alpha value is -1.69. The van der Waals surface area contributed by atoms with Gasteiger partial charge in [-0.1, -0.05) is 5.16 Å². The maximum atomic E-state index is 5.48. The summed E-state index contributed by atoms with van der Waals surface area (Å²) in [5.41, 5.74) is 1.33. The number of aromatic nitrogens is 4. The van der Waals surface area contributed by atoms with Crippen LogP contribution in [0.25, 0.3) is 0 Å². The maximum absolute atomic E-state index is 5.48. The monoisotopic (exact) mass is 301 g/mol. The molecule has 0 bridgehead atoms. The van der Waals surface area contributed by atoms with E-state index >= 15 is 0 Å². The Labute approximate surface area is 130 Å². The van der Waals surface area contributed by atoms with Crippen molar-refractivity contribution in [2.45, 2.75) is 44.6 Å². The van der Waals surface area contributed by atoms with E-state index in [0.717, 1.165) is 31.2 Å². The van der Waals surface area contributed by atoms with Gasteiger partial charge in [-0.15, -0.1) is 0 Å². The summed E-state index contributed by atoms with van der Waals surface area (Å²) >= 11 is 0. The van der Waals surface area contributed by atoms with E-state index in [-0.39, 0.29) is 6.04 Å². The molecule has 0 radical (unpaired) electrons. The maximum Gasteiger partial charge on any atom is 0.243 e. The fourth-order valence-corrected chi connectivity index (χ4v) is 3.37. The second kappa shape index (κ2) is 5.50. The number of aryl methyl sites for hydroxylation is 1. The largest absolute Gasteiger partial charge is 0.338 e. The van der Waals surface area contributed by atoms with Gasteiger partial charge in [0.1, 0.15) is 0 Å². The van der Waals surface area contributed by atoms with E-state index in [1.807, 2.05) is 17.9 Å². The zero-order chi connectivity index (χ0) is 15.1. The molecule has 6 heteroatoms. The lowest BCUT2D eigenvalue weighted by Crippen LogP contribution is -2.25. The highest BCUT2D eigenvalue weighted by atomic mass is 16.5. The van der Waals surface area contributed by atoms with Crippen LogP contribution in [-0.2, 0) is 13.5 Å². The molecule has 1 aliphatic heterocycles. The number of nitrogens with zero attached hydrogens (tertiary/aromatic N) is 5. The van der Waals surface area contributed by atoms with E-state index in [2.05, 4.69) is 33.3 Å². The van der Waals surface area contributed by atoms with Crippen molar-refractivity contribution >= 4 is 0 Å². The number of hydrogen-bond donors (Lipinski definition) is 0. The quantitative estimate of drug-likeness (QED) is 0.848. The zero-order valence-electron chi connectivity index (χ0n) is 13.3. The normalized spacial score (nSPS) is 24.0. The zero-order valence-corrected chi connectivity index (χ0v) is 13.3. The van der Waals surface area contributed by atoms with Gasteiger partial charge in [-0.3, -0.25) is 9.58 Å². The van der Waals surface area contributed by atoms with E-state index in [0.29, 0.717) is 11.8 Å². The molecule has 2 atom stereocenters. The van der Waals surface area contributed by atoms with Crippen LogP contribution in [0.2, 0.25) is 0 Å². The fourth-order valence-electron chi connectivity index (χ4n) is 3.37. The van der Waals surface area contributed by atoms with Gasteiger partial charge in [-0.05, 0) is 50.6 Å². The highest BCUT2D eigenvalue weighted by Gasteiger charge is 2.33. The van der Waals surface area contributed by atoms with Gasteiger partial charge in [0, 0.05) is 25.7 Å². The Balaban J connectivity index is 1.36. The smallest absolute Gasteiger partial charge is 0.243 e. The minimum absolute atomic E-state index is 0.221. The summed E-state index contributed by atoms with van der Waals surface area (Å²) < 4.78 is 7.36. The third kappa shape index (κ3) is 2.79. The molecule has 0 N–H and O–H groups in total. The van der Waals surface area contributed by atoms with Crippen molar-refractivity contribution in [1.82, 2.24) is 24.8 Å². The van der Waals surface area contributed by atoms with Crippen molar-refractivity contribution in [2.75, 3.05) is 13.1 Å². The van der Waals surface area contributed by atoms with Crippen LogP contribution in [0.3, 0.4) is 0 Å². The topological polar surface area (TPSA) is 60.0 Å². The second-order valence-electron chi connectivity index (χ2n) is 6.82. The Morgan fingerprint density at radius 1 is 1.36 bits per heavy atom. The van der Waals surface area contributed by atoms with Crippen LogP contribution in [0.15, 0.2) is 16.9 Å². The summed E-state index contributed by atoms with van der Waals surface area (Å²) in [6.45, 7) is 4.38. The van der Waals surface area contributed by atoms with E-state index < -0.39 is 0 Å². The molecule has 3 heterocycles. The van der Waals surface area contributed by atoms with E-state index in [4.69, 9.17) is 4.52 Å². The Bertz CT molecular complexity index is 645. The van der Waals surface area contributed by atoms with Crippen LogP contribution >= 0.6 is 0 Å². The minimum atomic E-state index is 0.221. The first-order chi connectivity index (χ1) is 10.7. The molecule has 118 valence electrons. The van der Waals surface area contributed by atoms with E-state index in [9.17, 15) is 0 Å². The Morgan fingerprint density at radius 2 is 2.23 bits per heavy atom. The van der Waals surface area contributed by atoms with Gasteiger partial charge in [-0.2, -0.15) is 10.1 Å². The molecule has 0 spiro atoms. The molecule has 2 unspecified atom stereocenters. The van der Waals surface area contributed by atoms with Gasteiger partial charge in [0.05, 0.1) is 12.2 Å². The van der Waals surface area contributed by atoms with Crippen molar-refractivity contribution in [3.8, 4) is 0 Å². The molecule has 2 aromatic rings. The summed E-state index contributed by atoms with van der Waals surface area (Å²) in [6.07, 6.45) is 8.85. The van der Waals surface area contributed by atoms with Crippen LogP contribution < -0.4 is 0 Å². The Kier molecular flexibility index (Phi) is 3.48. The first kappa shape index (κ1) is 13.9. The molecule has 6 nitrogen and oxygen atoms in total. The second-order valence-corrected chi connectivity index (χ2v) is 6.82. The van der Waals surface area contributed by atoms with Gasteiger partial charge in [0.15, 0.2) is 5.82 Å². The van der Waals surface area contributed by atoms with Gasteiger partial charge in [0.2, 0.25) is 5.89 Å². The molecule has 2 aromatic heterocycles. The average molecular weight is 301 g/mol. The van der Waals surface area contributed by atoms with Crippen molar-refractivity contribution in [1.29, 1.82) is 0 Å². The molecule has 0 amide bonds. The summed E-state index contributed by atoms with van der Waals surface area (Å²) in [5, 5.41) is 8.39. The third-order valence-corrected chi connectivity index (χ3v) is 4.91. The molecule has 1 saturated carbocycles. The number of likely N-dealkylation sites (tertiary alicyclic amines) is 1. The van der Waals surface area contributed by atoms with Crippen LogP contribution in [0.5, 0.6) is 0 Å². The van der Waals surface area contributed by atoms with Gasteiger partial charge in [0.25, 0.3) is 0 Å². The predicted octanol–water partition coefficient (Wildman–Crippen LogP) is 2.31. The summed E-state index contributed by atoms with van der Waals surface area (Å²) in [4.78, 5) is 7.06.